The number of carbonyl (C=O) groups is 3. The van der Waals surface area contributed by atoms with Crippen LogP contribution < -0.4 is 4.74 Å². The lowest BCUT2D eigenvalue weighted by Crippen LogP contribution is -2.38. The summed E-state index contributed by atoms with van der Waals surface area (Å²) in [6, 6.07) is 15.9. The quantitative estimate of drug-likeness (QED) is 0.215. The second-order valence-corrected chi connectivity index (χ2v) is 10.2. The van der Waals surface area contributed by atoms with E-state index in [0.29, 0.717) is 17.9 Å². The van der Waals surface area contributed by atoms with Gasteiger partial charge in [-0.15, -0.1) is 0 Å². The van der Waals surface area contributed by atoms with Crippen LogP contribution in [0.25, 0.3) is 0 Å². The highest BCUT2D eigenvalue weighted by Gasteiger charge is 2.43. The van der Waals surface area contributed by atoms with Crippen molar-refractivity contribution in [2.45, 2.75) is 83.7 Å². The minimum atomic E-state index is -0.996. The van der Waals surface area contributed by atoms with E-state index in [-0.39, 0.29) is 29.8 Å². The number of methoxy groups -OCH3 is 1. The first-order valence-corrected chi connectivity index (χ1v) is 12.7. The molecular weight excluding hydrogens is 440 g/mol. The molecule has 1 fully saturated rings. The van der Waals surface area contributed by atoms with E-state index in [0.717, 1.165) is 24.0 Å². The maximum atomic E-state index is 12.7. The molecule has 35 heavy (non-hydrogen) atoms. The van der Waals surface area contributed by atoms with Gasteiger partial charge in [-0.05, 0) is 34.6 Å². The summed E-state index contributed by atoms with van der Waals surface area (Å²) in [6.07, 6.45) is 5.75. The molecule has 1 aliphatic carbocycles. The molecule has 0 spiro atoms. The minimum absolute atomic E-state index is 0.0584. The molecule has 0 aromatic heterocycles. The highest BCUT2D eigenvalue weighted by atomic mass is 16.5. The molecule has 1 aliphatic rings. The zero-order valence-electron chi connectivity index (χ0n) is 21.5. The topological polar surface area (TPSA) is 69.7 Å². The zero-order chi connectivity index (χ0) is 25.4. The van der Waals surface area contributed by atoms with Crippen LogP contribution in [0.2, 0.25) is 0 Å². The van der Waals surface area contributed by atoms with Crippen LogP contribution in [0.5, 0.6) is 5.75 Å². The molecule has 3 rings (SSSR count). The molecular formula is C30H38O5. The Bertz CT molecular complexity index is 1020. The minimum Gasteiger partial charge on any atom is -0.489 e. The Balaban J connectivity index is 1.97. The summed E-state index contributed by atoms with van der Waals surface area (Å²) in [6.45, 7) is 7.04. The molecule has 2 unspecified atom stereocenters. The molecule has 0 radical (unpaired) electrons. The Hall–Kier alpha value is -2.95. The fraction of sp³-hybridized carbons (Fsp3) is 0.500. The average Bonchev–Trinajstić information content (AvgIpc) is 2.85. The summed E-state index contributed by atoms with van der Waals surface area (Å²) in [5, 5.41) is 0. The molecule has 2 aromatic carbocycles. The molecule has 1 saturated carbocycles. The Labute approximate surface area is 209 Å². The number of benzene rings is 2. The van der Waals surface area contributed by atoms with Gasteiger partial charge in [0.15, 0.2) is 5.78 Å². The normalized spacial score (nSPS) is 18.4. The zero-order valence-corrected chi connectivity index (χ0v) is 21.5. The second kappa shape index (κ2) is 12.1. The fourth-order valence-electron chi connectivity index (χ4n) is 4.94. The van der Waals surface area contributed by atoms with Crippen molar-refractivity contribution in [3.05, 3.63) is 65.2 Å². The molecule has 0 heterocycles. The number of carbonyl (C=O) groups excluding carboxylic acids is 3. The van der Waals surface area contributed by atoms with Gasteiger partial charge >= 0.3 is 5.97 Å². The number of Topliss-reactive ketones (excluding diaryl/α,β-unsaturated/α-hetero) is 2. The van der Waals surface area contributed by atoms with Gasteiger partial charge in [-0.1, -0.05) is 88.9 Å². The van der Waals surface area contributed by atoms with Crippen LogP contribution in [0.1, 0.15) is 88.3 Å². The predicted molar refractivity (Wildman–Crippen MR) is 136 cm³/mol. The van der Waals surface area contributed by atoms with E-state index in [1.54, 1.807) is 0 Å². The molecule has 2 atom stereocenters. The number of ether oxygens (including phenoxy) is 2. The molecule has 0 aliphatic heterocycles. The van der Waals surface area contributed by atoms with E-state index in [1.807, 2.05) is 42.5 Å². The first kappa shape index (κ1) is 26.7. The van der Waals surface area contributed by atoms with Crippen LogP contribution in [0.3, 0.4) is 0 Å². The van der Waals surface area contributed by atoms with Gasteiger partial charge in [-0.25, -0.2) is 0 Å². The summed E-state index contributed by atoms with van der Waals surface area (Å²) in [7, 11) is 1.28. The standard InChI is InChI=1S/C30H38O5/c1-5-6-7-11-16-30(2,3)22-14-15-24(27(17-22)35-20-21-12-9-8-10-13-21)25-18-23(31)19-26(32)28(25)29(33)34-4/h8-10,12-15,17,25,28H,5-7,11,16,18-20H2,1-4H3. The predicted octanol–water partition coefficient (Wildman–Crippen LogP) is 6.32. The molecule has 5 nitrogen and oxygen atoms in total. The van der Waals surface area contributed by atoms with Gasteiger partial charge in [0.05, 0.1) is 13.5 Å². The third kappa shape index (κ3) is 6.81. The van der Waals surface area contributed by atoms with E-state index in [1.165, 1.54) is 26.4 Å². The van der Waals surface area contributed by atoms with Gasteiger partial charge < -0.3 is 9.47 Å². The Morgan fingerprint density at radius 3 is 2.46 bits per heavy atom. The molecule has 0 N–H and O–H groups in total. The van der Waals surface area contributed by atoms with Crippen LogP contribution in [-0.4, -0.2) is 24.6 Å². The van der Waals surface area contributed by atoms with Crippen LogP contribution in [-0.2, 0) is 31.1 Å². The summed E-state index contributed by atoms with van der Waals surface area (Å²) < 4.78 is 11.3. The van der Waals surface area contributed by atoms with Crippen molar-refractivity contribution in [3.63, 3.8) is 0 Å². The smallest absolute Gasteiger partial charge is 0.316 e. The summed E-state index contributed by atoms with van der Waals surface area (Å²) in [5.74, 6) is -2.11. The second-order valence-electron chi connectivity index (χ2n) is 10.2. The lowest BCUT2D eigenvalue weighted by molar-refractivity contribution is -0.152. The Kier molecular flexibility index (Phi) is 9.25. The third-order valence-electron chi connectivity index (χ3n) is 7.11. The van der Waals surface area contributed by atoms with Gasteiger partial charge in [-0.2, -0.15) is 0 Å². The lowest BCUT2D eigenvalue weighted by Gasteiger charge is -2.31. The van der Waals surface area contributed by atoms with Crippen LogP contribution in [0.15, 0.2) is 48.5 Å². The first-order chi connectivity index (χ1) is 16.8. The number of hydrogen-bond acceptors (Lipinski definition) is 5. The number of hydrogen-bond donors (Lipinski definition) is 0. The van der Waals surface area contributed by atoms with E-state index in [9.17, 15) is 14.4 Å². The number of esters is 1. The van der Waals surface area contributed by atoms with Gasteiger partial charge in [0.1, 0.15) is 24.1 Å². The van der Waals surface area contributed by atoms with E-state index < -0.39 is 17.8 Å². The van der Waals surface area contributed by atoms with Crippen molar-refractivity contribution in [3.8, 4) is 5.75 Å². The molecule has 188 valence electrons. The van der Waals surface area contributed by atoms with Gasteiger partial charge in [-0.3, -0.25) is 14.4 Å². The number of unbranched alkanes of at least 4 members (excludes halogenated alkanes) is 3. The van der Waals surface area contributed by atoms with Crippen molar-refractivity contribution in [1.29, 1.82) is 0 Å². The number of ketones is 2. The maximum absolute atomic E-state index is 12.7. The van der Waals surface area contributed by atoms with Gasteiger partial charge in [0, 0.05) is 12.3 Å². The Morgan fingerprint density at radius 1 is 1.03 bits per heavy atom. The van der Waals surface area contributed by atoms with E-state index >= 15 is 0 Å². The van der Waals surface area contributed by atoms with E-state index in [2.05, 4.69) is 26.8 Å². The van der Waals surface area contributed by atoms with Crippen LogP contribution >= 0.6 is 0 Å². The molecule has 5 heteroatoms. The van der Waals surface area contributed by atoms with Crippen molar-refractivity contribution < 1.29 is 23.9 Å². The largest absolute Gasteiger partial charge is 0.489 e. The summed E-state index contributed by atoms with van der Waals surface area (Å²) in [5.41, 5.74) is 2.81. The molecule has 0 bridgehead atoms. The average molecular weight is 479 g/mol. The third-order valence-corrected chi connectivity index (χ3v) is 7.11. The molecule has 0 amide bonds. The molecule has 0 saturated heterocycles. The Morgan fingerprint density at radius 2 is 1.77 bits per heavy atom. The van der Waals surface area contributed by atoms with Crippen molar-refractivity contribution in [2.24, 2.45) is 5.92 Å². The highest BCUT2D eigenvalue weighted by molar-refractivity contribution is 6.11. The monoisotopic (exact) mass is 478 g/mol. The number of rotatable bonds is 11. The first-order valence-electron chi connectivity index (χ1n) is 12.7. The highest BCUT2D eigenvalue weighted by Crippen LogP contribution is 2.42. The molecule has 2 aromatic rings. The van der Waals surface area contributed by atoms with Gasteiger partial charge in [0.2, 0.25) is 0 Å². The van der Waals surface area contributed by atoms with E-state index in [4.69, 9.17) is 9.47 Å². The fourth-order valence-corrected chi connectivity index (χ4v) is 4.94. The van der Waals surface area contributed by atoms with Gasteiger partial charge in [0.25, 0.3) is 0 Å². The SMILES string of the molecule is CCCCCCC(C)(C)c1ccc(C2CC(=O)CC(=O)C2C(=O)OC)c(OCc2ccccc2)c1. The van der Waals surface area contributed by atoms with Crippen LogP contribution in [0.4, 0.5) is 0 Å². The summed E-state index contributed by atoms with van der Waals surface area (Å²) >= 11 is 0. The lowest BCUT2D eigenvalue weighted by atomic mass is 9.72. The van der Waals surface area contributed by atoms with Crippen molar-refractivity contribution in [1.82, 2.24) is 0 Å². The van der Waals surface area contributed by atoms with Crippen molar-refractivity contribution in [2.75, 3.05) is 7.11 Å². The maximum Gasteiger partial charge on any atom is 0.316 e. The van der Waals surface area contributed by atoms with Crippen LogP contribution in [0, 0.1) is 5.92 Å². The summed E-state index contributed by atoms with van der Waals surface area (Å²) in [4.78, 5) is 37.7. The van der Waals surface area contributed by atoms with Crippen molar-refractivity contribution >= 4 is 17.5 Å².